The van der Waals surface area contributed by atoms with Crippen LogP contribution in [-0.2, 0) is 9.53 Å². The fourth-order valence-electron chi connectivity index (χ4n) is 2.01. The summed E-state index contributed by atoms with van der Waals surface area (Å²) in [6.45, 7) is 2.03. The molecule has 1 atom stereocenters. The first-order valence-corrected chi connectivity index (χ1v) is 7.50. The Morgan fingerprint density at radius 1 is 1.27 bits per heavy atom. The van der Waals surface area contributed by atoms with E-state index in [1.807, 2.05) is 6.07 Å². The third kappa shape index (κ3) is 4.06. The molecule has 6 heteroatoms. The minimum absolute atomic E-state index is 0.277. The second-order valence-electron chi connectivity index (χ2n) is 4.62. The number of rotatable bonds is 5. The number of anilines is 2. The molecular formula is C16H16Cl2N2O2. The van der Waals surface area contributed by atoms with Gasteiger partial charge in [0, 0.05) is 27.0 Å². The summed E-state index contributed by atoms with van der Waals surface area (Å²) in [6.07, 6.45) is 0. The topological polar surface area (TPSA) is 64.3 Å². The number of ether oxygens (including phenoxy) is 1. The van der Waals surface area contributed by atoms with Gasteiger partial charge in [0.15, 0.2) is 6.04 Å². The highest BCUT2D eigenvalue weighted by molar-refractivity contribution is 6.32. The lowest BCUT2D eigenvalue weighted by atomic mass is 10.1. The highest BCUT2D eigenvalue weighted by Crippen LogP contribution is 2.29. The molecule has 0 aromatic heterocycles. The number of carbonyl (C=O) groups excluding carboxylic acids is 1. The molecule has 22 heavy (non-hydrogen) atoms. The lowest BCUT2D eigenvalue weighted by molar-refractivity contribution is -0.144. The van der Waals surface area contributed by atoms with Crippen LogP contribution >= 0.6 is 23.2 Å². The SMILES string of the molecule is CCOC(=O)C(Nc1cccc(Cl)c1)c1ccc(N)cc1Cl. The number of nitrogen functional groups attached to an aromatic ring is 1. The minimum atomic E-state index is -0.744. The van der Waals surface area contributed by atoms with E-state index in [-0.39, 0.29) is 6.61 Å². The standard InChI is InChI=1S/C16H16Cl2N2O2/c1-2-22-16(21)15(13-7-6-11(19)9-14(13)18)20-12-5-3-4-10(17)8-12/h3-9,15,20H,2,19H2,1H3. The molecule has 2 rings (SSSR count). The monoisotopic (exact) mass is 338 g/mol. The third-order valence-electron chi connectivity index (χ3n) is 2.99. The Morgan fingerprint density at radius 2 is 2.05 bits per heavy atom. The predicted octanol–water partition coefficient (Wildman–Crippen LogP) is 4.29. The zero-order chi connectivity index (χ0) is 16.1. The third-order valence-corrected chi connectivity index (χ3v) is 3.56. The molecule has 0 aliphatic rings. The number of nitrogens with two attached hydrogens (primary N) is 1. The van der Waals surface area contributed by atoms with Crippen molar-refractivity contribution >= 4 is 40.5 Å². The maximum atomic E-state index is 12.3. The molecule has 4 nitrogen and oxygen atoms in total. The first-order chi connectivity index (χ1) is 10.5. The molecule has 2 aromatic rings. The molecule has 0 fully saturated rings. The minimum Gasteiger partial charge on any atom is -0.464 e. The number of nitrogens with one attached hydrogen (secondary N) is 1. The highest BCUT2D eigenvalue weighted by atomic mass is 35.5. The smallest absolute Gasteiger partial charge is 0.333 e. The van der Waals surface area contributed by atoms with Crippen molar-refractivity contribution in [1.82, 2.24) is 0 Å². The van der Waals surface area contributed by atoms with E-state index in [9.17, 15) is 4.79 Å². The number of benzene rings is 2. The van der Waals surface area contributed by atoms with Gasteiger partial charge in [0.2, 0.25) is 0 Å². The summed E-state index contributed by atoms with van der Waals surface area (Å²) in [6, 6.07) is 11.3. The molecule has 2 aromatic carbocycles. The highest BCUT2D eigenvalue weighted by Gasteiger charge is 2.24. The van der Waals surface area contributed by atoms with Gasteiger partial charge in [0.05, 0.1) is 6.61 Å². The van der Waals surface area contributed by atoms with E-state index in [2.05, 4.69) is 5.32 Å². The number of halogens is 2. The Bertz CT molecular complexity index is 677. The Labute approximate surface area is 139 Å². The molecule has 0 amide bonds. The van der Waals surface area contributed by atoms with Gasteiger partial charge in [-0.15, -0.1) is 0 Å². The van der Waals surface area contributed by atoms with E-state index in [0.717, 1.165) is 0 Å². The van der Waals surface area contributed by atoms with Crippen LogP contribution < -0.4 is 11.1 Å². The molecule has 0 bridgehead atoms. The van der Waals surface area contributed by atoms with Gasteiger partial charge in [-0.2, -0.15) is 0 Å². The molecule has 0 aliphatic heterocycles. The van der Waals surface area contributed by atoms with Gasteiger partial charge in [-0.1, -0.05) is 35.3 Å². The van der Waals surface area contributed by atoms with Crippen LogP contribution in [0.1, 0.15) is 18.5 Å². The summed E-state index contributed by atoms with van der Waals surface area (Å²) in [5.74, 6) is -0.422. The zero-order valence-corrected chi connectivity index (χ0v) is 13.5. The van der Waals surface area contributed by atoms with Crippen molar-refractivity contribution in [1.29, 1.82) is 0 Å². The summed E-state index contributed by atoms with van der Waals surface area (Å²) in [5.41, 5.74) is 7.51. The van der Waals surface area contributed by atoms with E-state index in [4.69, 9.17) is 33.7 Å². The lowest BCUT2D eigenvalue weighted by Crippen LogP contribution is -2.23. The van der Waals surface area contributed by atoms with Crippen molar-refractivity contribution in [3.05, 3.63) is 58.1 Å². The Balaban J connectivity index is 2.36. The molecule has 0 saturated heterocycles. The molecule has 0 saturated carbocycles. The van der Waals surface area contributed by atoms with Crippen LogP contribution in [-0.4, -0.2) is 12.6 Å². The van der Waals surface area contributed by atoms with Crippen molar-refractivity contribution in [2.45, 2.75) is 13.0 Å². The van der Waals surface area contributed by atoms with Crippen LogP contribution in [0.15, 0.2) is 42.5 Å². The van der Waals surface area contributed by atoms with Gasteiger partial charge in [-0.25, -0.2) is 4.79 Å². The van der Waals surface area contributed by atoms with E-state index in [0.29, 0.717) is 27.0 Å². The molecule has 0 aliphatic carbocycles. The van der Waals surface area contributed by atoms with Crippen molar-refractivity contribution in [3.63, 3.8) is 0 Å². The van der Waals surface area contributed by atoms with Crippen LogP contribution in [0.5, 0.6) is 0 Å². The van der Waals surface area contributed by atoms with Crippen molar-refractivity contribution < 1.29 is 9.53 Å². The van der Waals surface area contributed by atoms with Crippen molar-refractivity contribution in [2.24, 2.45) is 0 Å². The summed E-state index contributed by atoms with van der Waals surface area (Å²) >= 11 is 12.2. The van der Waals surface area contributed by atoms with Gasteiger partial charge < -0.3 is 15.8 Å². The summed E-state index contributed by atoms with van der Waals surface area (Å²) in [7, 11) is 0. The average molecular weight is 339 g/mol. The van der Waals surface area contributed by atoms with Crippen molar-refractivity contribution in [3.8, 4) is 0 Å². The Hall–Kier alpha value is -1.91. The second kappa shape index (κ2) is 7.38. The summed E-state index contributed by atoms with van der Waals surface area (Å²) in [5, 5.41) is 4.06. The average Bonchev–Trinajstić information content (AvgIpc) is 2.46. The number of esters is 1. The number of hydrogen-bond donors (Lipinski definition) is 2. The largest absolute Gasteiger partial charge is 0.464 e. The van der Waals surface area contributed by atoms with Crippen LogP contribution in [0.2, 0.25) is 10.0 Å². The quantitative estimate of drug-likeness (QED) is 0.630. The van der Waals surface area contributed by atoms with E-state index < -0.39 is 12.0 Å². The van der Waals surface area contributed by atoms with Crippen LogP contribution in [0.4, 0.5) is 11.4 Å². The molecule has 1 unspecified atom stereocenters. The lowest BCUT2D eigenvalue weighted by Gasteiger charge is -2.20. The zero-order valence-electron chi connectivity index (χ0n) is 12.0. The second-order valence-corrected chi connectivity index (χ2v) is 5.46. The van der Waals surface area contributed by atoms with Crippen LogP contribution in [0.3, 0.4) is 0 Å². The van der Waals surface area contributed by atoms with Crippen LogP contribution in [0.25, 0.3) is 0 Å². The Kier molecular flexibility index (Phi) is 5.52. The number of hydrogen-bond acceptors (Lipinski definition) is 4. The number of carbonyl (C=O) groups is 1. The van der Waals surface area contributed by atoms with E-state index >= 15 is 0 Å². The molecule has 0 radical (unpaired) electrons. The molecule has 3 N–H and O–H groups in total. The Morgan fingerprint density at radius 3 is 2.68 bits per heavy atom. The molecule has 0 heterocycles. The molecular weight excluding hydrogens is 323 g/mol. The van der Waals surface area contributed by atoms with Crippen LogP contribution in [0, 0.1) is 0 Å². The maximum Gasteiger partial charge on any atom is 0.333 e. The van der Waals surface area contributed by atoms with E-state index in [1.165, 1.54) is 0 Å². The van der Waals surface area contributed by atoms with Gasteiger partial charge in [0.25, 0.3) is 0 Å². The maximum absolute atomic E-state index is 12.3. The van der Waals surface area contributed by atoms with Gasteiger partial charge >= 0.3 is 5.97 Å². The fourth-order valence-corrected chi connectivity index (χ4v) is 2.50. The van der Waals surface area contributed by atoms with Gasteiger partial charge in [-0.3, -0.25) is 0 Å². The van der Waals surface area contributed by atoms with Gasteiger partial charge in [0.1, 0.15) is 0 Å². The molecule has 0 spiro atoms. The normalized spacial score (nSPS) is 11.8. The summed E-state index contributed by atoms with van der Waals surface area (Å²) < 4.78 is 5.12. The summed E-state index contributed by atoms with van der Waals surface area (Å²) in [4.78, 5) is 12.3. The fraction of sp³-hybridized carbons (Fsp3) is 0.188. The van der Waals surface area contributed by atoms with Crippen molar-refractivity contribution in [2.75, 3.05) is 17.7 Å². The first-order valence-electron chi connectivity index (χ1n) is 6.75. The first kappa shape index (κ1) is 16.5. The van der Waals surface area contributed by atoms with E-state index in [1.54, 1.807) is 43.3 Å². The van der Waals surface area contributed by atoms with Gasteiger partial charge in [-0.05, 0) is 37.3 Å². The molecule has 116 valence electrons. The predicted molar refractivity (Wildman–Crippen MR) is 90.3 cm³/mol.